The lowest BCUT2D eigenvalue weighted by Gasteiger charge is -2.17. The van der Waals surface area contributed by atoms with Crippen molar-refractivity contribution in [1.29, 1.82) is 0 Å². The smallest absolute Gasteiger partial charge is 0.297 e. The van der Waals surface area contributed by atoms with E-state index in [1.54, 1.807) is 12.1 Å². The number of aliphatic hydroxyl groups excluding tert-OH is 1. The van der Waals surface area contributed by atoms with Crippen molar-refractivity contribution < 1.29 is 17.7 Å². The number of aryl methyl sites for hydroxylation is 2. The fraction of sp³-hybridized carbons (Fsp3) is 0.200. The summed E-state index contributed by atoms with van der Waals surface area (Å²) >= 11 is 6.46. The van der Waals surface area contributed by atoms with Crippen molar-refractivity contribution in [2.24, 2.45) is 0 Å². The van der Waals surface area contributed by atoms with Crippen LogP contribution in [0.4, 0.5) is 0 Å². The van der Waals surface area contributed by atoms with Crippen LogP contribution in [0.1, 0.15) is 22.8 Å². The van der Waals surface area contributed by atoms with Gasteiger partial charge in [-0.25, -0.2) is 0 Å². The molecule has 136 valence electrons. The Balaban J connectivity index is 1.85. The van der Waals surface area contributed by atoms with Gasteiger partial charge in [-0.2, -0.15) is 8.42 Å². The molecule has 1 unspecified atom stereocenters. The van der Waals surface area contributed by atoms with Crippen LogP contribution in [0.25, 0.3) is 10.8 Å². The number of rotatable bonds is 5. The molecular weight excluding hydrogens is 372 g/mol. The molecule has 4 nitrogen and oxygen atoms in total. The minimum atomic E-state index is -3.95. The summed E-state index contributed by atoms with van der Waals surface area (Å²) in [5.74, 6) is 0. The molecule has 3 rings (SSSR count). The molecule has 1 N–H and O–H groups in total. The van der Waals surface area contributed by atoms with Crippen molar-refractivity contribution in [3.8, 4) is 0 Å². The summed E-state index contributed by atoms with van der Waals surface area (Å²) in [6.45, 7) is 3.28. The van der Waals surface area contributed by atoms with Crippen LogP contribution in [-0.4, -0.2) is 20.1 Å². The third-order valence-electron chi connectivity index (χ3n) is 4.25. The van der Waals surface area contributed by atoms with Gasteiger partial charge in [0, 0.05) is 10.9 Å². The lowest BCUT2D eigenvalue weighted by atomic mass is 9.98. The zero-order valence-corrected chi connectivity index (χ0v) is 16.0. The Morgan fingerprint density at radius 3 is 2.42 bits per heavy atom. The third-order valence-corrected chi connectivity index (χ3v) is 5.96. The van der Waals surface area contributed by atoms with Gasteiger partial charge in [-0.3, -0.25) is 4.18 Å². The highest BCUT2D eigenvalue weighted by molar-refractivity contribution is 7.86. The average molecular weight is 391 g/mol. The molecule has 6 heteroatoms. The van der Waals surface area contributed by atoms with E-state index in [0.717, 1.165) is 21.9 Å². The summed E-state index contributed by atoms with van der Waals surface area (Å²) in [5, 5.41) is 12.7. The lowest BCUT2D eigenvalue weighted by molar-refractivity contribution is 0.111. The minimum absolute atomic E-state index is 0.0524. The van der Waals surface area contributed by atoms with E-state index in [0.29, 0.717) is 10.6 Å². The third kappa shape index (κ3) is 3.76. The summed E-state index contributed by atoms with van der Waals surface area (Å²) in [4.78, 5) is 0.0524. The van der Waals surface area contributed by atoms with Gasteiger partial charge in [-0.05, 0) is 36.9 Å². The second kappa shape index (κ2) is 7.37. The zero-order valence-electron chi connectivity index (χ0n) is 14.4. The Kier molecular flexibility index (Phi) is 5.34. The van der Waals surface area contributed by atoms with Gasteiger partial charge < -0.3 is 5.11 Å². The molecule has 0 amide bonds. The summed E-state index contributed by atoms with van der Waals surface area (Å²) < 4.78 is 29.6. The monoisotopic (exact) mass is 390 g/mol. The molecule has 3 aromatic rings. The van der Waals surface area contributed by atoms with Crippen LogP contribution in [-0.2, 0) is 14.3 Å². The molecule has 0 radical (unpaired) electrons. The van der Waals surface area contributed by atoms with Crippen molar-refractivity contribution in [1.82, 2.24) is 0 Å². The highest BCUT2D eigenvalue weighted by atomic mass is 35.5. The van der Waals surface area contributed by atoms with Crippen molar-refractivity contribution >= 4 is 32.5 Å². The first-order valence-electron chi connectivity index (χ1n) is 8.11. The molecule has 0 fully saturated rings. The van der Waals surface area contributed by atoms with Gasteiger partial charge in [0.15, 0.2) is 0 Å². The van der Waals surface area contributed by atoms with Gasteiger partial charge in [0.1, 0.15) is 6.10 Å². The fourth-order valence-electron chi connectivity index (χ4n) is 2.87. The highest BCUT2D eigenvalue weighted by Crippen LogP contribution is 2.34. The quantitative estimate of drug-likeness (QED) is 0.649. The number of aliphatic hydroxyl groups is 1. The number of fused-ring (bicyclic) bond motifs is 1. The molecule has 0 heterocycles. The predicted octanol–water partition coefficient (Wildman–Crippen LogP) is 4.55. The van der Waals surface area contributed by atoms with Crippen LogP contribution in [0, 0.1) is 13.8 Å². The van der Waals surface area contributed by atoms with Crippen molar-refractivity contribution in [3.63, 3.8) is 0 Å². The molecule has 3 aromatic carbocycles. The van der Waals surface area contributed by atoms with Crippen LogP contribution < -0.4 is 0 Å². The van der Waals surface area contributed by atoms with Gasteiger partial charge in [0.2, 0.25) is 0 Å². The van der Waals surface area contributed by atoms with E-state index in [-0.39, 0.29) is 4.90 Å². The van der Waals surface area contributed by atoms with Gasteiger partial charge in [0.25, 0.3) is 10.1 Å². The summed E-state index contributed by atoms with van der Waals surface area (Å²) in [5.41, 5.74) is 2.20. The molecule has 0 spiro atoms. The van der Waals surface area contributed by atoms with E-state index in [4.69, 9.17) is 15.8 Å². The van der Waals surface area contributed by atoms with Crippen LogP contribution in [0.2, 0.25) is 5.02 Å². The SMILES string of the molecule is Cc1ccc(S(=O)(=O)OCC(O)c2c(C)cc3ccccc3c2Cl)cc1. The Labute approximate surface area is 158 Å². The van der Waals surface area contributed by atoms with E-state index in [1.807, 2.05) is 44.2 Å². The molecule has 26 heavy (non-hydrogen) atoms. The van der Waals surface area contributed by atoms with Gasteiger partial charge in [-0.1, -0.05) is 59.6 Å². The number of hydrogen-bond donors (Lipinski definition) is 1. The highest BCUT2D eigenvalue weighted by Gasteiger charge is 2.22. The van der Waals surface area contributed by atoms with Crippen molar-refractivity contribution in [2.75, 3.05) is 6.61 Å². The number of benzene rings is 3. The molecule has 0 saturated heterocycles. The van der Waals surface area contributed by atoms with Crippen LogP contribution in [0.3, 0.4) is 0 Å². The van der Waals surface area contributed by atoms with Crippen LogP contribution in [0.15, 0.2) is 59.5 Å². The van der Waals surface area contributed by atoms with Crippen LogP contribution >= 0.6 is 11.6 Å². The van der Waals surface area contributed by atoms with E-state index in [9.17, 15) is 13.5 Å². The zero-order chi connectivity index (χ0) is 18.9. The van der Waals surface area contributed by atoms with Crippen LogP contribution in [0.5, 0.6) is 0 Å². The Bertz CT molecular complexity index is 1040. The number of hydrogen-bond acceptors (Lipinski definition) is 4. The molecular formula is C20H19ClO4S. The molecule has 0 bridgehead atoms. The molecule has 0 aliphatic carbocycles. The van der Waals surface area contributed by atoms with Crippen molar-refractivity contribution in [3.05, 3.63) is 76.3 Å². The topological polar surface area (TPSA) is 63.6 Å². The minimum Gasteiger partial charge on any atom is -0.386 e. The number of halogens is 1. The molecule has 0 aliphatic heterocycles. The maximum absolute atomic E-state index is 12.3. The Morgan fingerprint density at radius 2 is 1.73 bits per heavy atom. The van der Waals surface area contributed by atoms with Gasteiger partial charge in [-0.15, -0.1) is 0 Å². The molecule has 0 aromatic heterocycles. The summed E-state index contributed by atoms with van der Waals surface area (Å²) in [6, 6.07) is 15.8. The first kappa shape index (κ1) is 18.9. The van der Waals surface area contributed by atoms with Crippen molar-refractivity contribution in [2.45, 2.75) is 24.8 Å². The molecule has 0 aliphatic rings. The standard InChI is InChI=1S/C20H19ClO4S/c1-13-7-9-16(10-8-13)26(23,24)25-12-18(22)19-14(2)11-15-5-3-4-6-17(15)20(19)21/h3-11,18,22H,12H2,1-2H3. The largest absolute Gasteiger partial charge is 0.386 e. The lowest BCUT2D eigenvalue weighted by Crippen LogP contribution is -2.14. The molecule has 0 saturated carbocycles. The average Bonchev–Trinajstić information content (AvgIpc) is 2.60. The predicted molar refractivity (Wildman–Crippen MR) is 103 cm³/mol. The van der Waals surface area contributed by atoms with E-state index in [2.05, 4.69) is 0 Å². The normalized spacial score (nSPS) is 13.1. The van der Waals surface area contributed by atoms with Gasteiger partial charge >= 0.3 is 0 Å². The van der Waals surface area contributed by atoms with E-state index >= 15 is 0 Å². The maximum atomic E-state index is 12.3. The first-order chi connectivity index (χ1) is 12.3. The second-order valence-corrected chi connectivity index (χ2v) is 8.20. The van der Waals surface area contributed by atoms with E-state index < -0.39 is 22.8 Å². The second-order valence-electron chi connectivity index (χ2n) is 6.21. The Morgan fingerprint density at radius 1 is 1.08 bits per heavy atom. The van der Waals surface area contributed by atoms with E-state index in [1.165, 1.54) is 12.1 Å². The fourth-order valence-corrected chi connectivity index (χ4v) is 4.23. The van der Waals surface area contributed by atoms with Gasteiger partial charge in [0.05, 0.1) is 16.5 Å². The summed E-state index contributed by atoms with van der Waals surface area (Å²) in [6.07, 6.45) is -1.16. The maximum Gasteiger partial charge on any atom is 0.297 e. The molecule has 1 atom stereocenters. The Hall–Kier alpha value is -1.92. The summed E-state index contributed by atoms with van der Waals surface area (Å²) in [7, 11) is -3.95. The first-order valence-corrected chi connectivity index (χ1v) is 9.90.